The Bertz CT molecular complexity index is 831. The van der Waals surface area contributed by atoms with E-state index in [0.29, 0.717) is 37.1 Å². The molecule has 0 atom stereocenters. The lowest BCUT2D eigenvalue weighted by molar-refractivity contribution is 0.0238. The summed E-state index contributed by atoms with van der Waals surface area (Å²) < 4.78 is 5.83. The molecule has 1 amide bonds. The molecule has 0 saturated carbocycles. The van der Waals surface area contributed by atoms with Gasteiger partial charge in [-0.2, -0.15) is 0 Å². The standard InChI is InChI=1S/C24H33N3O3/c1-18(2)15-20-16-22(26-19(3)25-20)23(29)27-12-9-24(17-28,10-13-27)11-14-30-21-7-5-4-6-8-21/h4-8,16,18,28H,9-15,17H2,1-3H3. The summed E-state index contributed by atoms with van der Waals surface area (Å²) in [7, 11) is 0. The summed E-state index contributed by atoms with van der Waals surface area (Å²) in [6, 6.07) is 11.6. The van der Waals surface area contributed by atoms with Gasteiger partial charge in [-0.05, 0) is 56.7 Å². The number of benzene rings is 1. The zero-order chi connectivity index (χ0) is 21.6. The van der Waals surface area contributed by atoms with E-state index in [1.807, 2.05) is 48.2 Å². The maximum atomic E-state index is 13.0. The SMILES string of the molecule is Cc1nc(CC(C)C)cc(C(=O)N2CCC(CO)(CCOc3ccccc3)CC2)n1. The predicted octanol–water partition coefficient (Wildman–Crippen LogP) is 3.67. The lowest BCUT2D eigenvalue weighted by Crippen LogP contribution is -2.45. The Morgan fingerprint density at radius 3 is 2.53 bits per heavy atom. The Morgan fingerprint density at radius 1 is 1.20 bits per heavy atom. The number of hydrogen-bond acceptors (Lipinski definition) is 5. The van der Waals surface area contributed by atoms with Crippen LogP contribution in [0.15, 0.2) is 36.4 Å². The van der Waals surface area contributed by atoms with Gasteiger partial charge in [-0.15, -0.1) is 0 Å². The molecule has 1 aromatic heterocycles. The number of rotatable bonds is 8. The van der Waals surface area contributed by atoms with Crippen molar-refractivity contribution in [1.29, 1.82) is 0 Å². The molecule has 0 unspecified atom stereocenters. The van der Waals surface area contributed by atoms with Gasteiger partial charge in [-0.25, -0.2) is 9.97 Å². The summed E-state index contributed by atoms with van der Waals surface area (Å²) in [5.41, 5.74) is 1.19. The second kappa shape index (κ2) is 10.0. The topological polar surface area (TPSA) is 75.6 Å². The van der Waals surface area contributed by atoms with E-state index in [9.17, 15) is 9.90 Å². The number of amides is 1. The summed E-state index contributed by atoms with van der Waals surface area (Å²) in [6.07, 6.45) is 3.12. The fraction of sp³-hybridized carbons (Fsp3) is 0.542. The quantitative estimate of drug-likeness (QED) is 0.717. The van der Waals surface area contributed by atoms with Crippen molar-refractivity contribution in [2.75, 3.05) is 26.3 Å². The number of hydrogen-bond donors (Lipinski definition) is 1. The molecule has 162 valence electrons. The number of piperidine rings is 1. The highest BCUT2D eigenvalue weighted by molar-refractivity contribution is 5.92. The Kier molecular flexibility index (Phi) is 7.43. The van der Waals surface area contributed by atoms with Gasteiger partial charge in [0, 0.05) is 30.8 Å². The highest BCUT2D eigenvalue weighted by Crippen LogP contribution is 2.35. The predicted molar refractivity (Wildman–Crippen MR) is 117 cm³/mol. The Hall–Kier alpha value is -2.47. The van der Waals surface area contributed by atoms with Gasteiger partial charge in [0.25, 0.3) is 5.91 Å². The molecule has 0 aliphatic carbocycles. The summed E-state index contributed by atoms with van der Waals surface area (Å²) in [4.78, 5) is 23.7. The zero-order valence-corrected chi connectivity index (χ0v) is 18.3. The number of carbonyl (C=O) groups excluding carboxylic acids is 1. The van der Waals surface area contributed by atoms with Crippen LogP contribution in [-0.2, 0) is 6.42 Å². The molecule has 6 nitrogen and oxygen atoms in total. The lowest BCUT2D eigenvalue weighted by atomic mass is 9.76. The molecule has 6 heteroatoms. The Labute approximate surface area is 179 Å². The summed E-state index contributed by atoms with van der Waals surface area (Å²) in [5, 5.41) is 10.1. The fourth-order valence-corrected chi connectivity index (χ4v) is 4.00. The van der Waals surface area contributed by atoms with Gasteiger partial charge >= 0.3 is 0 Å². The minimum absolute atomic E-state index is 0.0439. The first-order valence-corrected chi connectivity index (χ1v) is 10.8. The summed E-state index contributed by atoms with van der Waals surface area (Å²) >= 11 is 0. The third kappa shape index (κ3) is 5.79. The molecule has 0 radical (unpaired) electrons. The van der Waals surface area contributed by atoms with Crippen molar-refractivity contribution >= 4 is 5.91 Å². The van der Waals surface area contributed by atoms with E-state index in [1.165, 1.54) is 0 Å². The first-order valence-electron chi connectivity index (χ1n) is 10.8. The lowest BCUT2D eigenvalue weighted by Gasteiger charge is -2.40. The van der Waals surface area contributed by atoms with E-state index in [4.69, 9.17) is 4.74 Å². The second-order valence-corrected chi connectivity index (χ2v) is 8.75. The molecule has 1 fully saturated rings. The molecule has 1 N–H and O–H groups in total. The van der Waals surface area contributed by atoms with Crippen LogP contribution < -0.4 is 4.74 Å². The van der Waals surface area contributed by atoms with Crippen LogP contribution in [0, 0.1) is 18.3 Å². The van der Waals surface area contributed by atoms with Crippen LogP contribution >= 0.6 is 0 Å². The smallest absolute Gasteiger partial charge is 0.272 e. The van der Waals surface area contributed by atoms with Crippen molar-refractivity contribution in [3.63, 3.8) is 0 Å². The van der Waals surface area contributed by atoms with Gasteiger partial charge in [0.15, 0.2) is 0 Å². The van der Waals surface area contributed by atoms with Crippen molar-refractivity contribution in [1.82, 2.24) is 14.9 Å². The molecule has 1 aliphatic heterocycles. The number of carbonyl (C=O) groups is 1. The van der Waals surface area contributed by atoms with Crippen molar-refractivity contribution in [2.45, 2.75) is 46.5 Å². The summed E-state index contributed by atoms with van der Waals surface area (Å²) in [6.45, 7) is 8.01. The molecule has 3 rings (SSSR count). The van der Waals surface area contributed by atoms with E-state index < -0.39 is 0 Å². The largest absolute Gasteiger partial charge is 0.494 e. The number of aryl methyl sites for hydroxylation is 1. The minimum Gasteiger partial charge on any atom is -0.494 e. The fourth-order valence-electron chi connectivity index (χ4n) is 4.00. The maximum Gasteiger partial charge on any atom is 0.272 e. The van der Waals surface area contributed by atoms with Crippen molar-refractivity contribution in [3.8, 4) is 5.75 Å². The van der Waals surface area contributed by atoms with Crippen LogP contribution in [0.2, 0.25) is 0 Å². The van der Waals surface area contributed by atoms with E-state index in [-0.39, 0.29) is 17.9 Å². The van der Waals surface area contributed by atoms with E-state index in [2.05, 4.69) is 23.8 Å². The third-order valence-electron chi connectivity index (χ3n) is 5.82. The Morgan fingerprint density at radius 2 is 1.90 bits per heavy atom. The number of aliphatic hydroxyl groups excluding tert-OH is 1. The molecule has 0 bridgehead atoms. The molecule has 2 aromatic rings. The molecule has 0 spiro atoms. The highest BCUT2D eigenvalue weighted by atomic mass is 16.5. The normalized spacial score (nSPS) is 16.0. The van der Waals surface area contributed by atoms with Gasteiger partial charge in [0.1, 0.15) is 17.3 Å². The molecule has 1 aromatic carbocycles. The molecule has 1 aliphatic rings. The van der Waals surface area contributed by atoms with Crippen LogP contribution in [0.5, 0.6) is 5.75 Å². The van der Waals surface area contributed by atoms with Crippen LogP contribution in [0.1, 0.15) is 55.1 Å². The van der Waals surface area contributed by atoms with Crippen molar-refractivity contribution in [3.05, 3.63) is 53.6 Å². The monoisotopic (exact) mass is 411 g/mol. The minimum atomic E-state index is -0.198. The van der Waals surface area contributed by atoms with E-state index >= 15 is 0 Å². The van der Waals surface area contributed by atoms with Crippen LogP contribution in [0.25, 0.3) is 0 Å². The van der Waals surface area contributed by atoms with Gasteiger partial charge < -0.3 is 14.7 Å². The van der Waals surface area contributed by atoms with Crippen LogP contribution in [0.3, 0.4) is 0 Å². The number of ether oxygens (including phenoxy) is 1. The summed E-state index contributed by atoms with van der Waals surface area (Å²) in [5.74, 6) is 1.91. The molecule has 30 heavy (non-hydrogen) atoms. The number of nitrogens with zero attached hydrogens (tertiary/aromatic N) is 3. The van der Waals surface area contributed by atoms with E-state index in [0.717, 1.165) is 37.1 Å². The number of aliphatic hydroxyl groups is 1. The van der Waals surface area contributed by atoms with Crippen LogP contribution in [-0.4, -0.2) is 52.2 Å². The first-order chi connectivity index (χ1) is 14.4. The molecule has 1 saturated heterocycles. The van der Waals surface area contributed by atoms with Gasteiger partial charge in [-0.3, -0.25) is 4.79 Å². The van der Waals surface area contributed by atoms with Gasteiger partial charge in [-0.1, -0.05) is 32.0 Å². The molecular formula is C24H33N3O3. The van der Waals surface area contributed by atoms with Gasteiger partial charge in [0.05, 0.1) is 6.61 Å². The molecule has 2 heterocycles. The zero-order valence-electron chi connectivity index (χ0n) is 18.3. The second-order valence-electron chi connectivity index (χ2n) is 8.75. The number of aromatic nitrogens is 2. The highest BCUT2D eigenvalue weighted by Gasteiger charge is 2.36. The van der Waals surface area contributed by atoms with Gasteiger partial charge in [0.2, 0.25) is 0 Å². The first kappa shape index (κ1) is 22.2. The molecular weight excluding hydrogens is 378 g/mol. The third-order valence-corrected chi connectivity index (χ3v) is 5.82. The number of likely N-dealkylation sites (tertiary alicyclic amines) is 1. The van der Waals surface area contributed by atoms with E-state index in [1.54, 1.807) is 0 Å². The Balaban J connectivity index is 1.58. The van der Waals surface area contributed by atoms with Crippen molar-refractivity contribution in [2.24, 2.45) is 11.3 Å². The average molecular weight is 412 g/mol. The number of para-hydroxylation sites is 1. The maximum absolute atomic E-state index is 13.0. The average Bonchev–Trinajstić information content (AvgIpc) is 2.73. The van der Waals surface area contributed by atoms with Crippen molar-refractivity contribution < 1.29 is 14.6 Å². The van der Waals surface area contributed by atoms with Crippen LogP contribution in [0.4, 0.5) is 0 Å².